The number of nitrogens with zero attached hydrogens (tertiary/aromatic N) is 4. The van der Waals surface area contributed by atoms with Gasteiger partial charge < -0.3 is 4.57 Å². The van der Waals surface area contributed by atoms with E-state index in [-0.39, 0.29) is 0 Å². The highest BCUT2D eigenvalue weighted by atomic mass is 32.1. The minimum absolute atomic E-state index is 0.409. The molecular formula is C39H20N4S. The molecule has 0 amide bonds. The number of benzene rings is 6. The van der Waals surface area contributed by atoms with Crippen LogP contribution in [0, 0.1) is 29.2 Å². The van der Waals surface area contributed by atoms with Gasteiger partial charge in [-0.15, -0.1) is 11.3 Å². The maximum atomic E-state index is 10.8. The molecule has 0 radical (unpaired) electrons. The summed E-state index contributed by atoms with van der Waals surface area (Å²) >= 11 is 1.73. The lowest BCUT2D eigenvalue weighted by Crippen LogP contribution is -2.00. The molecule has 44 heavy (non-hydrogen) atoms. The predicted octanol–water partition coefficient (Wildman–Crippen LogP) is 10.8. The largest absolute Gasteiger partial charge is 0.318 e. The molecule has 8 rings (SSSR count). The quantitative estimate of drug-likeness (QED) is 0.196. The van der Waals surface area contributed by atoms with E-state index in [2.05, 4.69) is 70.1 Å². The number of hydrogen-bond acceptors (Lipinski definition) is 3. The van der Waals surface area contributed by atoms with Crippen LogP contribution in [-0.4, -0.2) is 4.57 Å². The van der Waals surface area contributed by atoms with Crippen molar-refractivity contribution < 1.29 is 0 Å². The van der Waals surface area contributed by atoms with Crippen LogP contribution in [0.2, 0.25) is 0 Å². The maximum absolute atomic E-state index is 10.8. The van der Waals surface area contributed by atoms with E-state index < -0.39 is 0 Å². The Morgan fingerprint density at radius 3 is 2.00 bits per heavy atom. The molecule has 0 bridgehead atoms. The molecule has 0 saturated heterocycles. The number of nitriles is 2. The molecule has 2 aromatic heterocycles. The van der Waals surface area contributed by atoms with Gasteiger partial charge in [-0.05, 0) is 47.5 Å². The lowest BCUT2D eigenvalue weighted by Gasteiger charge is -2.18. The van der Waals surface area contributed by atoms with Gasteiger partial charge >= 0.3 is 0 Å². The molecule has 8 aromatic rings. The fourth-order valence-electron chi connectivity index (χ4n) is 6.46. The molecule has 0 spiro atoms. The summed E-state index contributed by atoms with van der Waals surface area (Å²) in [6, 6.07) is 44.9. The highest BCUT2D eigenvalue weighted by Gasteiger charge is 2.23. The zero-order valence-electron chi connectivity index (χ0n) is 23.2. The molecule has 0 fully saturated rings. The second-order valence-corrected chi connectivity index (χ2v) is 11.7. The van der Waals surface area contributed by atoms with Crippen LogP contribution in [0.3, 0.4) is 0 Å². The van der Waals surface area contributed by atoms with Gasteiger partial charge in [0.25, 0.3) is 0 Å². The van der Waals surface area contributed by atoms with Crippen molar-refractivity contribution in [1.82, 2.24) is 4.57 Å². The third kappa shape index (κ3) is 3.67. The molecule has 0 aliphatic heterocycles. The van der Waals surface area contributed by atoms with Gasteiger partial charge in [-0.3, -0.25) is 0 Å². The maximum Gasteiger partial charge on any atom is 0.211 e. The number of thiophene rings is 1. The van der Waals surface area contributed by atoms with E-state index in [1.807, 2.05) is 66.7 Å². The van der Waals surface area contributed by atoms with Gasteiger partial charge in [0.15, 0.2) is 0 Å². The molecule has 0 saturated carbocycles. The topological polar surface area (TPSA) is 56.9 Å². The summed E-state index contributed by atoms with van der Waals surface area (Å²) in [5.74, 6) is 0. The lowest BCUT2D eigenvalue weighted by molar-refractivity contribution is 1.19. The number of fused-ring (bicyclic) bond motifs is 6. The van der Waals surface area contributed by atoms with Crippen molar-refractivity contribution in [1.29, 1.82) is 10.5 Å². The summed E-state index contributed by atoms with van der Waals surface area (Å²) in [6.45, 7) is 8.13. The monoisotopic (exact) mass is 576 g/mol. The van der Waals surface area contributed by atoms with E-state index >= 15 is 0 Å². The molecule has 4 nitrogen and oxygen atoms in total. The van der Waals surface area contributed by atoms with Crippen LogP contribution in [0.1, 0.15) is 11.1 Å². The van der Waals surface area contributed by atoms with Crippen LogP contribution >= 0.6 is 11.3 Å². The van der Waals surface area contributed by atoms with Gasteiger partial charge in [0, 0.05) is 42.1 Å². The number of para-hydroxylation sites is 3. The lowest BCUT2D eigenvalue weighted by atomic mass is 9.88. The van der Waals surface area contributed by atoms with Crippen LogP contribution in [-0.2, 0) is 0 Å². The van der Waals surface area contributed by atoms with Crippen molar-refractivity contribution in [3.8, 4) is 40.1 Å². The summed E-state index contributed by atoms with van der Waals surface area (Å²) in [6.07, 6.45) is 0. The Balaban J connectivity index is 1.45. The normalized spacial score (nSPS) is 11.1. The van der Waals surface area contributed by atoms with Gasteiger partial charge in [-0.2, -0.15) is 10.5 Å². The van der Waals surface area contributed by atoms with Crippen LogP contribution in [0.15, 0.2) is 121 Å². The molecule has 0 unspecified atom stereocenters. The molecule has 6 aromatic carbocycles. The highest BCUT2D eigenvalue weighted by molar-refractivity contribution is 7.25. The van der Waals surface area contributed by atoms with Crippen LogP contribution in [0.25, 0.3) is 74.8 Å². The van der Waals surface area contributed by atoms with Crippen molar-refractivity contribution in [3.63, 3.8) is 0 Å². The van der Waals surface area contributed by atoms with E-state index in [9.17, 15) is 10.5 Å². The molecule has 202 valence electrons. The van der Waals surface area contributed by atoms with Gasteiger partial charge in [-0.25, -0.2) is 4.85 Å². The Kier molecular flexibility index (Phi) is 5.78. The molecule has 0 aliphatic carbocycles. The average molecular weight is 577 g/mol. The standard InChI is InChI=1S/C39H20N4S/c1-42-33-13-8-12-30(39(33)43-34-14-5-2-9-27(34)28-10-3-6-15-35(28)43)26-19-17-25(22-40)38(32(26)23-41)24-18-20-37-31(21-24)29-11-4-7-16-36(29)44-37/h2-21H. The summed E-state index contributed by atoms with van der Waals surface area (Å²) in [7, 11) is 0. The van der Waals surface area contributed by atoms with Crippen molar-refractivity contribution in [2.75, 3.05) is 0 Å². The summed E-state index contributed by atoms with van der Waals surface area (Å²) in [4.78, 5) is 3.95. The Morgan fingerprint density at radius 1 is 0.614 bits per heavy atom. The zero-order chi connectivity index (χ0) is 29.8. The van der Waals surface area contributed by atoms with Crippen LogP contribution < -0.4 is 0 Å². The number of rotatable bonds is 3. The van der Waals surface area contributed by atoms with Gasteiger partial charge in [0.2, 0.25) is 5.69 Å². The van der Waals surface area contributed by atoms with E-state index in [1.54, 1.807) is 17.4 Å². The van der Waals surface area contributed by atoms with Gasteiger partial charge in [0.05, 0.1) is 40.5 Å². The first-order valence-corrected chi connectivity index (χ1v) is 14.9. The van der Waals surface area contributed by atoms with E-state index in [1.165, 1.54) is 4.70 Å². The molecule has 5 heteroatoms. The van der Waals surface area contributed by atoms with Gasteiger partial charge in [-0.1, -0.05) is 84.9 Å². The van der Waals surface area contributed by atoms with Crippen LogP contribution in [0.5, 0.6) is 0 Å². The van der Waals surface area contributed by atoms with E-state index in [0.29, 0.717) is 33.6 Å². The first kappa shape index (κ1) is 25.5. The number of aromatic nitrogens is 1. The fourth-order valence-corrected chi connectivity index (χ4v) is 7.54. The smallest absolute Gasteiger partial charge is 0.211 e. The average Bonchev–Trinajstić information content (AvgIpc) is 3.62. The Bertz CT molecular complexity index is 2550. The molecule has 0 aliphatic rings. The minimum Gasteiger partial charge on any atom is -0.318 e. The third-order valence-electron chi connectivity index (χ3n) is 8.33. The van der Waals surface area contributed by atoms with Crippen LogP contribution in [0.4, 0.5) is 5.69 Å². The second kappa shape index (κ2) is 9.97. The minimum atomic E-state index is 0.409. The second-order valence-electron chi connectivity index (χ2n) is 10.6. The molecule has 0 atom stereocenters. The SMILES string of the molecule is [C-]#[N+]c1cccc(-c2ccc(C#N)c(-c3ccc4sc5ccccc5c4c3)c2C#N)c1-n1c2ccccc2c2ccccc21. The Morgan fingerprint density at radius 2 is 1.30 bits per heavy atom. The fraction of sp³-hybridized carbons (Fsp3) is 0. The Labute approximate surface area is 257 Å². The first-order valence-electron chi connectivity index (χ1n) is 14.1. The molecule has 2 heterocycles. The van der Waals surface area contributed by atoms with Crippen molar-refractivity contribution in [2.45, 2.75) is 0 Å². The van der Waals surface area contributed by atoms with Crippen molar-refractivity contribution in [2.24, 2.45) is 0 Å². The van der Waals surface area contributed by atoms with Crippen molar-refractivity contribution >= 4 is 59.0 Å². The van der Waals surface area contributed by atoms with E-state index in [4.69, 9.17) is 6.57 Å². The number of hydrogen-bond donors (Lipinski definition) is 0. The molecule has 0 N–H and O–H groups in total. The highest BCUT2D eigenvalue weighted by Crippen LogP contribution is 2.44. The first-order chi connectivity index (χ1) is 21.7. The Hall–Kier alpha value is -6.19. The molecular weight excluding hydrogens is 557 g/mol. The van der Waals surface area contributed by atoms with Crippen molar-refractivity contribution in [3.05, 3.63) is 144 Å². The summed E-state index contributed by atoms with van der Waals surface area (Å²) in [5, 5.41) is 25.4. The summed E-state index contributed by atoms with van der Waals surface area (Å²) < 4.78 is 4.48. The third-order valence-corrected chi connectivity index (χ3v) is 9.48. The predicted molar refractivity (Wildman–Crippen MR) is 180 cm³/mol. The van der Waals surface area contributed by atoms with E-state index in [0.717, 1.165) is 48.4 Å². The zero-order valence-corrected chi connectivity index (χ0v) is 24.1. The summed E-state index contributed by atoms with van der Waals surface area (Å²) in [5.41, 5.74) is 6.86. The van der Waals surface area contributed by atoms with Gasteiger partial charge in [0.1, 0.15) is 6.07 Å².